The Labute approximate surface area is 133 Å². The monoisotopic (exact) mass is 314 g/mol. The normalized spacial score (nSPS) is 27.0. The Morgan fingerprint density at radius 3 is 1.50 bits per heavy atom. The average Bonchev–Trinajstić information content (AvgIpc) is 2.47. The highest BCUT2D eigenvalue weighted by Crippen LogP contribution is 2.58. The molecular formula is C18H15ClO3. The fourth-order valence-corrected chi connectivity index (χ4v) is 3.79. The number of carbonyl (C=O) groups is 2. The van der Waals surface area contributed by atoms with Crippen LogP contribution in [-0.4, -0.2) is 16.3 Å². The van der Waals surface area contributed by atoms with E-state index in [-0.39, 0.29) is 11.8 Å². The number of aliphatic carboxylic acids is 1. The second-order valence-corrected chi connectivity index (χ2v) is 5.94. The summed E-state index contributed by atoms with van der Waals surface area (Å²) in [7, 11) is 0. The van der Waals surface area contributed by atoms with E-state index >= 15 is 0 Å². The highest BCUT2D eigenvalue weighted by molar-refractivity contribution is 6.64. The first-order chi connectivity index (χ1) is 10.6. The predicted octanol–water partition coefficient (Wildman–Crippen LogP) is 3.65. The molecule has 4 heteroatoms. The molecule has 0 aliphatic heterocycles. The highest BCUT2D eigenvalue weighted by Gasteiger charge is 2.57. The number of benzene rings is 2. The fraction of sp³-hybridized carbons (Fsp3) is 0.222. The molecular weight excluding hydrogens is 300 g/mol. The molecule has 1 aliphatic rings. The molecule has 3 rings (SSSR count). The zero-order valence-electron chi connectivity index (χ0n) is 11.7. The van der Waals surface area contributed by atoms with Crippen LogP contribution in [0.25, 0.3) is 0 Å². The van der Waals surface area contributed by atoms with Crippen molar-refractivity contribution in [1.29, 1.82) is 0 Å². The third-order valence-corrected chi connectivity index (χ3v) is 4.72. The molecule has 1 aliphatic carbocycles. The second-order valence-electron chi connectivity index (χ2n) is 5.57. The molecule has 0 unspecified atom stereocenters. The second kappa shape index (κ2) is 5.93. The van der Waals surface area contributed by atoms with Crippen molar-refractivity contribution in [3.05, 3.63) is 71.8 Å². The van der Waals surface area contributed by atoms with E-state index in [9.17, 15) is 14.7 Å². The van der Waals surface area contributed by atoms with Crippen molar-refractivity contribution in [1.82, 2.24) is 0 Å². The first-order valence-electron chi connectivity index (χ1n) is 7.13. The lowest BCUT2D eigenvalue weighted by atomic mass is 9.53. The summed E-state index contributed by atoms with van der Waals surface area (Å²) in [5, 5.41) is 9.17. The summed E-state index contributed by atoms with van der Waals surface area (Å²) in [6, 6.07) is 18.5. The Morgan fingerprint density at radius 1 is 0.773 bits per heavy atom. The minimum Gasteiger partial charge on any atom is -0.481 e. The van der Waals surface area contributed by atoms with Crippen molar-refractivity contribution in [2.24, 2.45) is 11.8 Å². The Kier molecular flexibility index (Phi) is 3.99. The molecule has 0 amide bonds. The Hall–Kier alpha value is -2.13. The number of hydrogen-bond acceptors (Lipinski definition) is 2. The van der Waals surface area contributed by atoms with Crippen LogP contribution in [0.4, 0.5) is 0 Å². The van der Waals surface area contributed by atoms with Crippen LogP contribution in [0.5, 0.6) is 0 Å². The van der Waals surface area contributed by atoms with Crippen LogP contribution in [0.2, 0.25) is 0 Å². The van der Waals surface area contributed by atoms with E-state index in [1.165, 1.54) is 0 Å². The standard InChI is InChI=1S/C18H15ClO3/c19-17(20)15-13(11-7-3-1-4-8-11)16(18(21)22)14(15)12-9-5-2-6-10-12/h1-10,13-16H,(H,21,22)/t13-,14-,15?,16?/m0/s1. The van der Waals surface area contributed by atoms with Crippen molar-refractivity contribution in [2.75, 3.05) is 0 Å². The summed E-state index contributed by atoms with van der Waals surface area (Å²) in [4.78, 5) is 23.7. The number of rotatable bonds is 4. The smallest absolute Gasteiger partial charge is 0.307 e. The molecule has 22 heavy (non-hydrogen) atoms. The first-order valence-corrected chi connectivity index (χ1v) is 7.51. The number of hydrogen-bond donors (Lipinski definition) is 1. The van der Waals surface area contributed by atoms with Crippen LogP contribution in [0.15, 0.2) is 60.7 Å². The molecule has 2 atom stereocenters. The Bertz CT molecular complexity index is 614. The highest BCUT2D eigenvalue weighted by atomic mass is 35.5. The molecule has 2 aromatic carbocycles. The molecule has 0 spiro atoms. The summed E-state index contributed by atoms with van der Waals surface area (Å²) >= 11 is 5.81. The lowest BCUT2D eigenvalue weighted by molar-refractivity contribution is -0.151. The van der Waals surface area contributed by atoms with E-state index in [2.05, 4.69) is 0 Å². The maximum Gasteiger partial charge on any atom is 0.307 e. The van der Waals surface area contributed by atoms with E-state index in [0.29, 0.717) is 0 Å². The van der Waals surface area contributed by atoms with Crippen LogP contribution < -0.4 is 0 Å². The maximum absolute atomic E-state index is 11.9. The zero-order chi connectivity index (χ0) is 15.7. The van der Waals surface area contributed by atoms with Gasteiger partial charge in [0.05, 0.1) is 5.92 Å². The molecule has 112 valence electrons. The number of halogens is 1. The number of carboxylic acids is 1. The van der Waals surface area contributed by atoms with Gasteiger partial charge in [-0.1, -0.05) is 60.7 Å². The van der Waals surface area contributed by atoms with Gasteiger partial charge in [-0.15, -0.1) is 0 Å². The Morgan fingerprint density at radius 2 is 1.18 bits per heavy atom. The molecule has 0 aromatic heterocycles. The minimum absolute atomic E-state index is 0.381. The molecule has 2 aromatic rings. The van der Waals surface area contributed by atoms with Crippen molar-refractivity contribution in [3.8, 4) is 0 Å². The molecule has 1 saturated carbocycles. The van der Waals surface area contributed by atoms with Gasteiger partial charge in [0, 0.05) is 17.8 Å². The van der Waals surface area contributed by atoms with Gasteiger partial charge in [0.1, 0.15) is 0 Å². The lowest BCUT2D eigenvalue weighted by Crippen LogP contribution is -2.49. The van der Waals surface area contributed by atoms with Crippen molar-refractivity contribution >= 4 is 22.8 Å². The molecule has 0 saturated heterocycles. The van der Waals surface area contributed by atoms with Crippen molar-refractivity contribution in [2.45, 2.75) is 11.8 Å². The van der Waals surface area contributed by atoms with E-state index in [0.717, 1.165) is 11.1 Å². The average molecular weight is 315 g/mol. The van der Waals surface area contributed by atoms with Gasteiger partial charge < -0.3 is 5.11 Å². The molecule has 1 fully saturated rings. The van der Waals surface area contributed by atoms with E-state index in [1.54, 1.807) is 0 Å². The van der Waals surface area contributed by atoms with Crippen molar-refractivity contribution < 1.29 is 14.7 Å². The van der Waals surface area contributed by atoms with Gasteiger partial charge in [-0.25, -0.2) is 0 Å². The summed E-state index contributed by atoms with van der Waals surface area (Å²) in [6.45, 7) is 0. The lowest BCUT2D eigenvalue weighted by Gasteiger charge is -2.48. The molecule has 3 nitrogen and oxygen atoms in total. The summed E-state index contributed by atoms with van der Waals surface area (Å²) < 4.78 is 0. The van der Waals surface area contributed by atoms with Crippen LogP contribution in [0, 0.1) is 11.8 Å². The van der Waals surface area contributed by atoms with E-state index < -0.39 is 23.0 Å². The first kappa shape index (κ1) is 14.8. The third kappa shape index (κ3) is 2.42. The van der Waals surface area contributed by atoms with Gasteiger partial charge in [-0.2, -0.15) is 0 Å². The van der Waals surface area contributed by atoms with Crippen LogP contribution in [0.1, 0.15) is 23.0 Å². The maximum atomic E-state index is 11.9. The van der Waals surface area contributed by atoms with Gasteiger partial charge in [0.2, 0.25) is 5.24 Å². The molecule has 0 bridgehead atoms. The largest absolute Gasteiger partial charge is 0.481 e. The van der Waals surface area contributed by atoms with Gasteiger partial charge in [0.15, 0.2) is 0 Å². The summed E-state index contributed by atoms with van der Waals surface area (Å²) in [5.74, 6) is -2.80. The fourth-order valence-electron chi connectivity index (χ4n) is 3.52. The topological polar surface area (TPSA) is 54.4 Å². The number of carbonyl (C=O) groups excluding carboxylic acids is 1. The summed E-state index contributed by atoms with van der Waals surface area (Å²) in [5.41, 5.74) is 1.70. The van der Waals surface area contributed by atoms with Crippen LogP contribution in [-0.2, 0) is 9.59 Å². The molecule has 1 N–H and O–H groups in total. The zero-order valence-corrected chi connectivity index (χ0v) is 12.5. The summed E-state index contributed by atoms with van der Waals surface area (Å²) in [6.07, 6.45) is 0. The Balaban J connectivity index is 2.04. The van der Waals surface area contributed by atoms with E-state index in [4.69, 9.17) is 11.6 Å². The van der Waals surface area contributed by atoms with Crippen LogP contribution >= 0.6 is 11.6 Å². The third-order valence-electron chi connectivity index (χ3n) is 4.46. The minimum atomic E-state index is -0.892. The SMILES string of the molecule is O=C(O)C1[C@@H](c2ccccc2)C(C(=O)Cl)[C@@H]1c1ccccc1. The van der Waals surface area contributed by atoms with Gasteiger partial charge >= 0.3 is 5.97 Å². The molecule has 0 radical (unpaired) electrons. The van der Waals surface area contributed by atoms with Crippen molar-refractivity contribution in [3.63, 3.8) is 0 Å². The van der Waals surface area contributed by atoms with Gasteiger partial charge in [0.25, 0.3) is 0 Å². The molecule has 0 heterocycles. The van der Waals surface area contributed by atoms with Crippen LogP contribution in [0.3, 0.4) is 0 Å². The van der Waals surface area contributed by atoms with Gasteiger partial charge in [-0.05, 0) is 22.7 Å². The predicted molar refractivity (Wildman–Crippen MR) is 83.8 cm³/mol. The van der Waals surface area contributed by atoms with E-state index in [1.807, 2.05) is 60.7 Å². The van der Waals surface area contributed by atoms with Gasteiger partial charge in [-0.3, -0.25) is 9.59 Å². The quantitative estimate of drug-likeness (QED) is 0.876. The number of carboxylic acid groups (broad SMARTS) is 1.